The Morgan fingerprint density at radius 2 is 2.00 bits per heavy atom. The lowest BCUT2D eigenvalue weighted by molar-refractivity contribution is 0.408. The van der Waals surface area contributed by atoms with Crippen LogP contribution in [0.2, 0.25) is 0 Å². The maximum absolute atomic E-state index is 4.55. The van der Waals surface area contributed by atoms with Crippen LogP contribution in [0.15, 0.2) is 35.7 Å². The van der Waals surface area contributed by atoms with Crippen LogP contribution in [0.4, 0.5) is 0 Å². The lowest BCUT2D eigenvalue weighted by Crippen LogP contribution is -2.24. The van der Waals surface area contributed by atoms with Gasteiger partial charge in [-0.25, -0.2) is 4.98 Å². The maximum Gasteiger partial charge on any atom is 0.0931 e. The van der Waals surface area contributed by atoms with Crippen molar-refractivity contribution in [1.29, 1.82) is 0 Å². The van der Waals surface area contributed by atoms with Crippen molar-refractivity contribution >= 4 is 11.3 Å². The number of rotatable bonds is 5. The first-order chi connectivity index (χ1) is 8.70. The Balaban J connectivity index is 2.08. The lowest BCUT2D eigenvalue weighted by Gasteiger charge is -2.23. The Bertz CT molecular complexity index is 478. The van der Waals surface area contributed by atoms with Gasteiger partial charge in [0.2, 0.25) is 0 Å². The van der Waals surface area contributed by atoms with Crippen molar-refractivity contribution in [3.05, 3.63) is 52.0 Å². The van der Waals surface area contributed by atoms with E-state index in [2.05, 4.69) is 59.9 Å². The number of hydrogen-bond acceptors (Lipinski definition) is 3. The molecule has 18 heavy (non-hydrogen) atoms. The van der Waals surface area contributed by atoms with Crippen LogP contribution in [-0.2, 0) is 6.42 Å². The summed E-state index contributed by atoms with van der Waals surface area (Å²) in [4.78, 5) is 4.55. The summed E-state index contributed by atoms with van der Waals surface area (Å²) in [5.74, 6) is 0.531. The highest BCUT2D eigenvalue weighted by molar-refractivity contribution is 7.09. The quantitative estimate of drug-likeness (QED) is 0.888. The van der Waals surface area contributed by atoms with E-state index in [9.17, 15) is 0 Å². The van der Waals surface area contributed by atoms with Gasteiger partial charge in [0.25, 0.3) is 0 Å². The minimum Gasteiger partial charge on any atom is -0.313 e. The molecule has 2 nitrogen and oxygen atoms in total. The summed E-state index contributed by atoms with van der Waals surface area (Å²) in [5.41, 5.74) is 2.48. The zero-order valence-electron chi connectivity index (χ0n) is 11.2. The standard InChI is InChI=1S/C15H20N2S/c1-11(9-14-17-12(2)10-18-14)15(16-3)13-7-5-4-6-8-13/h4-8,10-11,15-16H,9H2,1-3H3. The van der Waals surface area contributed by atoms with Gasteiger partial charge in [0, 0.05) is 23.5 Å². The molecule has 0 aliphatic rings. The van der Waals surface area contributed by atoms with Crippen LogP contribution in [0.5, 0.6) is 0 Å². The van der Waals surface area contributed by atoms with Gasteiger partial charge >= 0.3 is 0 Å². The molecule has 1 N–H and O–H groups in total. The average Bonchev–Trinajstić information content (AvgIpc) is 2.77. The van der Waals surface area contributed by atoms with E-state index in [-0.39, 0.29) is 0 Å². The third-order valence-corrected chi connectivity index (χ3v) is 4.19. The van der Waals surface area contributed by atoms with E-state index in [1.807, 2.05) is 7.05 Å². The van der Waals surface area contributed by atoms with E-state index < -0.39 is 0 Å². The second kappa shape index (κ2) is 6.12. The van der Waals surface area contributed by atoms with Crippen LogP contribution < -0.4 is 5.32 Å². The fourth-order valence-corrected chi connectivity index (χ4v) is 3.24. The normalized spacial score (nSPS) is 14.4. The van der Waals surface area contributed by atoms with Gasteiger partial charge in [0.1, 0.15) is 0 Å². The first kappa shape index (κ1) is 13.2. The number of aryl methyl sites for hydroxylation is 1. The summed E-state index contributed by atoms with van der Waals surface area (Å²) < 4.78 is 0. The number of thiazole rings is 1. The van der Waals surface area contributed by atoms with Gasteiger partial charge in [-0.15, -0.1) is 11.3 Å². The molecule has 2 unspecified atom stereocenters. The van der Waals surface area contributed by atoms with Crippen LogP contribution >= 0.6 is 11.3 Å². The molecule has 2 atom stereocenters. The molecule has 1 aromatic heterocycles. The molecule has 96 valence electrons. The molecule has 0 spiro atoms. The van der Waals surface area contributed by atoms with Gasteiger partial charge < -0.3 is 5.32 Å². The summed E-state index contributed by atoms with van der Waals surface area (Å²) >= 11 is 1.76. The minimum absolute atomic E-state index is 0.385. The van der Waals surface area contributed by atoms with Crippen LogP contribution in [0.3, 0.4) is 0 Å². The first-order valence-electron chi connectivity index (χ1n) is 6.34. The first-order valence-corrected chi connectivity index (χ1v) is 7.22. The number of benzene rings is 1. The van der Waals surface area contributed by atoms with E-state index in [1.165, 1.54) is 10.6 Å². The highest BCUT2D eigenvalue weighted by atomic mass is 32.1. The number of nitrogens with zero attached hydrogens (tertiary/aromatic N) is 1. The third-order valence-electron chi connectivity index (χ3n) is 3.20. The summed E-state index contributed by atoms with van der Waals surface area (Å²) in [7, 11) is 2.03. The molecule has 0 fully saturated rings. The van der Waals surface area contributed by atoms with Crippen LogP contribution in [0, 0.1) is 12.8 Å². The van der Waals surface area contributed by atoms with Crippen molar-refractivity contribution in [2.24, 2.45) is 5.92 Å². The smallest absolute Gasteiger partial charge is 0.0931 e. The van der Waals surface area contributed by atoms with Gasteiger partial charge in [0.05, 0.1) is 5.01 Å². The summed E-state index contributed by atoms with van der Waals surface area (Å²) in [5, 5.41) is 6.78. The number of nitrogens with one attached hydrogen (secondary N) is 1. The molecule has 0 amide bonds. The van der Waals surface area contributed by atoms with E-state index >= 15 is 0 Å². The third kappa shape index (κ3) is 3.18. The fourth-order valence-electron chi connectivity index (χ4n) is 2.33. The van der Waals surface area contributed by atoms with E-state index in [4.69, 9.17) is 0 Å². The van der Waals surface area contributed by atoms with Crippen LogP contribution in [-0.4, -0.2) is 12.0 Å². The molecule has 3 heteroatoms. The number of aromatic nitrogens is 1. The molecule has 0 saturated heterocycles. The second-order valence-electron chi connectivity index (χ2n) is 4.74. The van der Waals surface area contributed by atoms with E-state index in [1.54, 1.807) is 11.3 Å². The van der Waals surface area contributed by atoms with Gasteiger partial charge in [0.15, 0.2) is 0 Å². The average molecular weight is 260 g/mol. The van der Waals surface area contributed by atoms with Crippen molar-refractivity contribution in [1.82, 2.24) is 10.3 Å². The Kier molecular flexibility index (Phi) is 4.50. The molecule has 0 bridgehead atoms. The van der Waals surface area contributed by atoms with Crippen molar-refractivity contribution < 1.29 is 0 Å². The highest BCUT2D eigenvalue weighted by Gasteiger charge is 2.18. The Morgan fingerprint density at radius 3 is 2.56 bits per heavy atom. The Labute approximate surface area is 113 Å². The molecule has 0 aliphatic heterocycles. The molecule has 0 radical (unpaired) electrons. The molecular weight excluding hydrogens is 240 g/mol. The molecular formula is C15H20N2S. The number of hydrogen-bond donors (Lipinski definition) is 1. The summed E-state index contributed by atoms with van der Waals surface area (Å²) in [6, 6.07) is 11.0. The zero-order valence-corrected chi connectivity index (χ0v) is 12.0. The molecule has 0 saturated carbocycles. The monoisotopic (exact) mass is 260 g/mol. The maximum atomic E-state index is 4.55. The van der Waals surface area contributed by atoms with Gasteiger partial charge in [-0.3, -0.25) is 0 Å². The second-order valence-corrected chi connectivity index (χ2v) is 5.68. The summed E-state index contributed by atoms with van der Waals surface area (Å²) in [6.07, 6.45) is 1.03. The fraction of sp³-hybridized carbons (Fsp3) is 0.400. The van der Waals surface area contributed by atoms with Crippen molar-refractivity contribution in [3.8, 4) is 0 Å². The SMILES string of the molecule is CNC(c1ccccc1)C(C)Cc1nc(C)cs1. The molecule has 1 aromatic carbocycles. The topological polar surface area (TPSA) is 24.9 Å². The highest BCUT2D eigenvalue weighted by Crippen LogP contribution is 2.25. The van der Waals surface area contributed by atoms with Gasteiger partial charge in [-0.1, -0.05) is 37.3 Å². The molecule has 2 aromatic rings. The predicted octanol–water partition coefficient (Wildman–Crippen LogP) is 3.59. The lowest BCUT2D eigenvalue weighted by atomic mass is 9.92. The molecule has 2 rings (SSSR count). The van der Waals surface area contributed by atoms with E-state index in [0.29, 0.717) is 12.0 Å². The summed E-state index contributed by atoms with van der Waals surface area (Å²) in [6.45, 7) is 4.34. The van der Waals surface area contributed by atoms with Crippen molar-refractivity contribution in [2.75, 3.05) is 7.05 Å². The minimum atomic E-state index is 0.385. The largest absolute Gasteiger partial charge is 0.313 e. The predicted molar refractivity (Wildman–Crippen MR) is 78.0 cm³/mol. The molecule has 0 aliphatic carbocycles. The van der Waals surface area contributed by atoms with Crippen molar-refractivity contribution in [2.45, 2.75) is 26.3 Å². The zero-order chi connectivity index (χ0) is 13.0. The van der Waals surface area contributed by atoms with Crippen molar-refractivity contribution in [3.63, 3.8) is 0 Å². The Hall–Kier alpha value is -1.19. The van der Waals surface area contributed by atoms with Gasteiger partial charge in [-0.2, -0.15) is 0 Å². The van der Waals surface area contributed by atoms with Gasteiger partial charge in [-0.05, 0) is 25.5 Å². The van der Waals surface area contributed by atoms with Crippen LogP contribution in [0.1, 0.15) is 29.2 Å². The van der Waals surface area contributed by atoms with E-state index in [0.717, 1.165) is 12.1 Å². The molecule has 1 heterocycles. The Morgan fingerprint density at radius 1 is 1.28 bits per heavy atom. The van der Waals surface area contributed by atoms with Crippen LogP contribution in [0.25, 0.3) is 0 Å².